The predicted octanol–water partition coefficient (Wildman–Crippen LogP) is 5.15. The highest BCUT2D eigenvalue weighted by molar-refractivity contribution is 5.99. The maximum absolute atomic E-state index is 11.8. The molecule has 1 aliphatic rings. The number of nitrogens with zero attached hydrogens (tertiary/aromatic N) is 3. The zero-order valence-electron chi connectivity index (χ0n) is 22.3. The zero-order valence-corrected chi connectivity index (χ0v) is 22.3. The molecule has 2 aromatic carbocycles. The third kappa shape index (κ3) is 4.79. The summed E-state index contributed by atoms with van der Waals surface area (Å²) in [5.74, 6) is 0.495. The van der Waals surface area contributed by atoms with E-state index < -0.39 is 5.91 Å². The summed E-state index contributed by atoms with van der Waals surface area (Å²) in [5, 5.41) is 1.03. The van der Waals surface area contributed by atoms with Gasteiger partial charge in [0.15, 0.2) is 0 Å². The smallest absolute Gasteiger partial charge is 0.248 e. The summed E-state index contributed by atoms with van der Waals surface area (Å²) in [6, 6.07) is 12.4. The molecule has 0 spiro atoms. The molecule has 1 aliphatic heterocycles. The van der Waals surface area contributed by atoms with E-state index in [0.717, 1.165) is 82.0 Å². The van der Waals surface area contributed by atoms with Gasteiger partial charge in [0, 0.05) is 60.6 Å². The van der Waals surface area contributed by atoms with Gasteiger partial charge in [-0.2, -0.15) is 0 Å². The van der Waals surface area contributed by atoms with Crippen molar-refractivity contribution in [3.63, 3.8) is 0 Å². The van der Waals surface area contributed by atoms with Crippen LogP contribution in [0.5, 0.6) is 5.75 Å². The van der Waals surface area contributed by atoms with E-state index in [2.05, 4.69) is 59.9 Å². The van der Waals surface area contributed by atoms with E-state index in [1.165, 1.54) is 0 Å². The summed E-state index contributed by atoms with van der Waals surface area (Å²) in [4.78, 5) is 24.6. The first-order valence-electron chi connectivity index (χ1n) is 12.8. The molecule has 5 rings (SSSR count). The van der Waals surface area contributed by atoms with Gasteiger partial charge in [-0.1, -0.05) is 12.1 Å². The van der Waals surface area contributed by atoms with Crippen LogP contribution in [0.3, 0.4) is 0 Å². The molecule has 4 aromatic rings. The number of piperazine rings is 1. The summed E-state index contributed by atoms with van der Waals surface area (Å²) in [6.07, 6.45) is 3.96. The topological polar surface area (TPSA) is 87.5 Å². The van der Waals surface area contributed by atoms with Crippen molar-refractivity contribution in [1.82, 2.24) is 14.9 Å². The number of fused-ring (bicyclic) bond motifs is 1. The standard InChI is InChI=1S/C30H35N5O2/c1-18(2)37-28-15-21(6-9-27(28)35-12-10-34(5)11-13-35)22-14-25-26(17-33-30(25)32-16-22)23-7-8-24(29(31)36)20(4)19(23)3/h6-9,14-18H,10-13H2,1-5H3,(H2,31,36)(H,32,33). The normalized spacial score (nSPS) is 14.5. The minimum atomic E-state index is -0.408. The van der Waals surface area contributed by atoms with E-state index in [1.807, 2.05) is 38.4 Å². The van der Waals surface area contributed by atoms with Gasteiger partial charge in [0.1, 0.15) is 11.4 Å². The number of aromatic nitrogens is 2. The Kier molecular flexibility index (Phi) is 6.65. The fourth-order valence-electron chi connectivity index (χ4n) is 5.11. The molecule has 0 aliphatic carbocycles. The second-order valence-corrected chi connectivity index (χ2v) is 10.2. The molecule has 2 aromatic heterocycles. The number of primary amides is 1. The summed E-state index contributed by atoms with van der Waals surface area (Å²) in [6.45, 7) is 12.1. The van der Waals surface area contributed by atoms with Crippen molar-refractivity contribution in [2.75, 3.05) is 38.1 Å². The van der Waals surface area contributed by atoms with E-state index in [0.29, 0.717) is 5.56 Å². The number of pyridine rings is 1. The van der Waals surface area contributed by atoms with Crippen molar-refractivity contribution >= 4 is 22.6 Å². The van der Waals surface area contributed by atoms with Gasteiger partial charge in [-0.25, -0.2) is 4.98 Å². The second kappa shape index (κ2) is 9.90. The molecular formula is C30H35N5O2. The minimum Gasteiger partial charge on any atom is -0.489 e. The highest BCUT2D eigenvalue weighted by atomic mass is 16.5. The number of rotatable bonds is 6. The zero-order chi connectivity index (χ0) is 26.3. The Hall–Kier alpha value is -3.84. The van der Waals surface area contributed by atoms with Crippen LogP contribution >= 0.6 is 0 Å². The highest BCUT2D eigenvalue weighted by Gasteiger charge is 2.20. The fraction of sp³-hybridized carbons (Fsp3) is 0.333. The van der Waals surface area contributed by atoms with E-state index in [-0.39, 0.29) is 6.10 Å². The molecule has 7 heteroatoms. The monoisotopic (exact) mass is 497 g/mol. The summed E-state index contributed by atoms with van der Waals surface area (Å²) in [7, 11) is 2.17. The Morgan fingerprint density at radius 3 is 2.46 bits per heavy atom. The molecule has 192 valence electrons. The lowest BCUT2D eigenvalue weighted by molar-refractivity contribution is 0.0999. The Bertz CT molecular complexity index is 1460. The number of nitrogens with one attached hydrogen (secondary N) is 1. The first kappa shape index (κ1) is 24.8. The first-order valence-corrected chi connectivity index (χ1v) is 12.8. The van der Waals surface area contributed by atoms with Crippen molar-refractivity contribution < 1.29 is 9.53 Å². The molecular weight excluding hydrogens is 462 g/mol. The molecule has 0 radical (unpaired) electrons. The Morgan fingerprint density at radius 1 is 1.00 bits per heavy atom. The van der Waals surface area contributed by atoms with Crippen LogP contribution in [0.2, 0.25) is 0 Å². The summed E-state index contributed by atoms with van der Waals surface area (Å²) in [5.41, 5.74) is 14.2. The molecule has 1 saturated heterocycles. The Balaban J connectivity index is 1.56. The van der Waals surface area contributed by atoms with Crippen LogP contribution in [0.15, 0.2) is 48.8 Å². The van der Waals surface area contributed by atoms with Gasteiger partial charge in [-0.3, -0.25) is 4.79 Å². The van der Waals surface area contributed by atoms with Crippen LogP contribution in [-0.4, -0.2) is 60.1 Å². The lowest BCUT2D eigenvalue weighted by atomic mass is 9.93. The molecule has 1 amide bonds. The fourth-order valence-corrected chi connectivity index (χ4v) is 5.11. The van der Waals surface area contributed by atoms with Gasteiger partial charge < -0.3 is 25.3 Å². The van der Waals surface area contributed by atoms with Crippen molar-refractivity contribution in [2.24, 2.45) is 5.73 Å². The number of ether oxygens (including phenoxy) is 1. The van der Waals surface area contributed by atoms with Crippen LogP contribution in [0.25, 0.3) is 33.3 Å². The third-order valence-electron chi connectivity index (χ3n) is 7.37. The number of H-pyrrole nitrogens is 1. The minimum absolute atomic E-state index is 0.0768. The molecule has 0 bridgehead atoms. The average molecular weight is 498 g/mol. The average Bonchev–Trinajstić information content (AvgIpc) is 3.29. The van der Waals surface area contributed by atoms with E-state index >= 15 is 0 Å². The van der Waals surface area contributed by atoms with E-state index in [4.69, 9.17) is 15.5 Å². The Morgan fingerprint density at radius 2 is 1.76 bits per heavy atom. The van der Waals surface area contributed by atoms with Crippen LogP contribution in [0, 0.1) is 13.8 Å². The SMILES string of the molecule is Cc1c(C(N)=O)ccc(-c2c[nH]c3ncc(-c4ccc(N5CCN(C)CC5)c(OC(C)C)c4)cc23)c1C. The van der Waals surface area contributed by atoms with Crippen LogP contribution in [0.1, 0.15) is 35.3 Å². The number of nitrogens with two attached hydrogens (primary N) is 1. The molecule has 3 heterocycles. The predicted molar refractivity (Wildman–Crippen MR) is 150 cm³/mol. The van der Waals surface area contributed by atoms with Gasteiger partial charge in [-0.15, -0.1) is 0 Å². The number of amides is 1. The number of hydrogen-bond acceptors (Lipinski definition) is 5. The van der Waals surface area contributed by atoms with Gasteiger partial charge in [0.2, 0.25) is 5.91 Å². The molecule has 0 atom stereocenters. The number of hydrogen-bond donors (Lipinski definition) is 2. The number of anilines is 1. The molecule has 0 unspecified atom stereocenters. The van der Waals surface area contributed by atoms with Crippen LogP contribution < -0.4 is 15.4 Å². The Labute approximate surface area is 218 Å². The van der Waals surface area contributed by atoms with Crippen molar-refractivity contribution in [3.8, 4) is 28.0 Å². The highest BCUT2D eigenvalue weighted by Crippen LogP contribution is 2.37. The quantitative estimate of drug-likeness (QED) is 0.385. The molecule has 7 nitrogen and oxygen atoms in total. The number of carbonyl (C=O) groups excluding carboxylic acids is 1. The maximum Gasteiger partial charge on any atom is 0.248 e. The van der Waals surface area contributed by atoms with Gasteiger partial charge in [0.05, 0.1) is 11.8 Å². The number of aromatic amines is 1. The van der Waals surface area contributed by atoms with Crippen molar-refractivity contribution in [2.45, 2.75) is 33.8 Å². The van der Waals surface area contributed by atoms with Crippen LogP contribution in [0.4, 0.5) is 5.69 Å². The molecule has 37 heavy (non-hydrogen) atoms. The lowest BCUT2D eigenvalue weighted by Crippen LogP contribution is -2.44. The number of benzene rings is 2. The number of likely N-dealkylation sites (N-methyl/N-ethyl adjacent to an activating group) is 1. The molecule has 3 N–H and O–H groups in total. The van der Waals surface area contributed by atoms with Gasteiger partial charge in [0.25, 0.3) is 0 Å². The molecule has 0 saturated carbocycles. The maximum atomic E-state index is 11.8. The van der Waals surface area contributed by atoms with Crippen molar-refractivity contribution in [3.05, 3.63) is 65.5 Å². The van der Waals surface area contributed by atoms with Crippen LogP contribution in [-0.2, 0) is 0 Å². The third-order valence-corrected chi connectivity index (χ3v) is 7.37. The second-order valence-electron chi connectivity index (χ2n) is 10.2. The summed E-state index contributed by atoms with van der Waals surface area (Å²) >= 11 is 0. The van der Waals surface area contributed by atoms with E-state index in [9.17, 15) is 4.79 Å². The van der Waals surface area contributed by atoms with Gasteiger partial charge in [-0.05, 0) is 81.3 Å². The first-order chi connectivity index (χ1) is 17.7. The van der Waals surface area contributed by atoms with Gasteiger partial charge >= 0.3 is 0 Å². The molecule has 1 fully saturated rings. The lowest BCUT2D eigenvalue weighted by Gasteiger charge is -2.35. The summed E-state index contributed by atoms with van der Waals surface area (Å²) < 4.78 is 6.29. The number of carbonyl (C=O) groups is 1. The van der Waals surface area contributed by atoms with Crippen molar-refractivity contribution in [1.29, 1.82) is 0 Å². The largest absolute Gasteiger partial charge is 0.489 e. The van der Waals surface area contributed by atoms with E-state index in [1.54, 1.807) is 0 Å².